The van der Waals surface area contributed by atoms with Crippen LogP contribution in [0.15, 0.2) is 45.6 Å². The van der Waals surface area contributed by atoms with E-state index in [2.05, 4.69) is 4.74 Å². The Hall–Kier alpha value is -3.15. The van der Waals surface area contributed by atoms with Crippen molar-refractivity contribution in [1.29, 1.82) is 0 Å². The van der Waals surface area contributed by atoms with Gasteiger partial charge in [-0.2, -0.15) is 0 Å². The van der Waals surface area contributed by atoms with Gasteiger partial charge in [0, 0.05) is 6.07 Å². The number of esters is 1. The quantitative estimate of drug-likeness (QED) is 0.529. The fourth-order valence-corrected chi connectivity index (χ4v) is 1.93. The summed E-state index contributed by atoms with van der Waals surface area (Å²) in [5.41, 5.74) is -0.286. The van der Waals surface area contributed by atoms with Gasteiger partial charge in [-0.25, -0.2) is 9.59 Å². The van der Waals surface area contributed by atoms with E-state index in [1.54, 1.807) is 24.3 Å². The minimum Gasteiger partial charge on any atom is -0.507 e. The molecule has 6 heteroatoms. The molecule has 2 rings (SSSR count). The van der Waals surface area contributed by atoms with Crippen LogP contribution in [0.1, 0.15) is 32.0 Å². The number of allylic oxidation sites excluding steroid dienone is 1. The summed E-state index contributed by atoms with van der Waals surface area (Å²) < 4.78 is 9.38. The number of methoxy groups -OCH3 is 1. The van der Waals surface area contributed by atoms with Gasteiger partial charge in [-0.3, -0.25) is 4.79 Å². The summed E-state index contributed by atoms with van der Waals surface area (Å²) >= 11 is 0. The maximum absolute atomic E-state index is 12.0. The standard InChI is InChI=1S/C17H14O6/c1-10-9-14(19)15(17(21)23-10)13(18)8-5-11-3-6-12(7-4-11)16(20)22-2/h3-9,19H,1-2H3/b8-5+. The number of aromatic hydroxyl groups is 1. The highest BCUT2D eigenvalue weighted by molar-refractivity contribution is 6.08. The highest BCUT2D eigenvalue weighted by Gasteiger charge is 2.15. The first-order chi connectivity index (χ1) is 10.9. The lowest BCUT2D eigenvalue weighted by Crippen LogP contribution is -2.12. The first kappa shape index (κ1) is 16.2. The molecule has 0 radical (unpaired) electrons. The molecule has 23 heavy (non-hydrogen) atoms. The number of hydrogen-bond acceptors (Lipinski definition) is 6. The zero-order valence-electron chi connectivity index (χ0n) is 12.5. The van der Waals surface area contributed by atoms with E-state index in [0.717, 1.165) is 6.08 Å². The zero-order chi connectivity index (χ0) is 17.0. The molecule has 0 bridgehead atoms. The van der Waals surface area contributed by atoms with Crippen LogP contribution in [0.25, 0.3) is 6.08 Å². The fourth-order valence-electron chi connectivity index (χ4n) is 1.93. The van der Waals surface area contributed by atoms with Crippen LogP contribution in [0.5, 0.6) is 5.75 Å². The summed E-state index contributed by atoms with van der Waals surface area (Å²) in [6.45, 7) is 1.49. The highest BCUT2D eigenvalue weighted by atomic mass is 16.5. The van der Waals surface area contributed by atoms with Gasteiger partial charge in [-0.15, -0.1) is 0 Å². The summed E-state index contributed by atoms with van der Waals surface area (Å²) in [4.78, 5) is 35.0. The highest BCUT2D eigenvalue weighted by Crippen LogP contribution is 2.16. The lowest BCUT2D eigenvalue weighted by atomic mass is 10.1. The van der Waals surface area contributed by atoms with Crippen molar-refractivity contribution in [1.82, 2.24) is 0 Å². The number of benzene rings is 1. The Kier molecular flexibility index (Phi) is 4.75. The van der Waals surface area contributed by atoms with E-state index in [1.165, 1.54) is 26.2 Å². The Morgan fingerprint density at radius 2 is 1.87 bits per heavy atom. The predicted octanol–water partition coefficient (Wildman–Crippen LogP) is 2.34. The first-order valence-electron chi connectivity index (χ1n) is 6.67. The van der Waals surface area contributed by atoms with E-state index in [1.807, 2.05) is 0 Å². The second kappa shape index (κ2) is 6.74. The average Bonchev–Trinajstić information content (AvgIpc) is 2.51. The van der Waals surface area contributed by atoms with Crippen molar-refractivity contribution in [3.8, 4) is 5.75 Å². The molecule has 0 saturated heterocycles. The Balaban J connectivity index is 2.22. The largest absolute Gasteiger partial charge is 0.507 e. The van der Waals surface area contributed by atoms with Crippen molar-refractivity contribution >= 4 is 17.8 Å². The van der Waals surface area contributed by atoms with Crippen molar-refractivity contribution in [3.63, 3.8) is 0 Å². The van der Waals surface area contributed by atoms with Gasteiger partial charge in [0.15, 0.2) is 5.78 Å². The van der Waals surface area contributed by atoms with Crippen LogP contribution in [0.4, 0.5) is 0 Å². The van der Waals surface area contributed by atoms with Crippen LogP contribution in [0.3, 0.4) is 0 Å². The maximum atomic E-state index is 12.0. The molecule has 1 aromatic heterocycles. The Bertz CT molecular complexity index is 827. The molecule has 0 unspecified atom stereocenters. The number of ketones is 1. The summed E-state index contributed by atoms with van der Waals surface area (Å²) in [5, 5.41) is 9.70. The van der Waals surface area contributed by atoms with Gasteiger partial charge in [-0.05, 0) is 30.7 Å². The second-order valence-electron chi connectivity index (χ2n) is 4.72. The van der Waals surface area contributed by atoms with E-state index in [9.17, 15) is 19.5 Å². The summed E-state index contributed by atoms with van der Waals surface area (Å²) in [7, 11) is 1.29. The SMILES string of the molecule is COC(=O)c1ccc(/C=C/C(=O)c2c(O)cc(C)oc2=O)cc1. The predicted molar refractivity (Wildman–Crippen MR) is 82.5 cm³/mol. The Morgan fingerprint density at radius 1 is 1.22 bits per heavy atom. The summed E-state index contributed by atoms with van der Waals surface area (Å²) in [5.74, 6) is -1.34. The molecular formula is C17H14O6. The van der Waals surface area contributed by atoms with Gasteiger partial charge in [0.25, 0.3) is 0 Å². The van der Waals surface area contributed by atoms with Gasteiger partial charge < -0.3 is 14.3 Å². The molecule has 0 saturated carbocycles. The van der Waals surface area contributed by atoms with Crippen LogP contribution in [-0.4, -0.2) is 24.0 Å². The molecule has 0 aliphatic carbocycles. The average molecular weight is 314 g/mol. The van der Waals surface area contributed by atoms with Crippen LogP contribution >= 0.6 is 0 Å². The smallest absolute Gasteiger partial charge is 0.351 e. The van der Waals surface area contributed by atoms with Crippen LogP contribution < -0.4 is 5.63 Å². The minimum absolute atomic E-state index is 0.214. The van der Waals surface area contributed by atoms with E-state index in [0.29, 0.717) is 11.1 Å². The second-order valence-corrected chi connectivity index (χ2v) is 4.72. The topological polar surface area (TPSA) is 93.8 Å². The molecule has 1 N–H and O–H groups in total. The monoisotopic (exact) mass is 314 g/mol. The van der Waals surface area contributed by atoms with Crippen molar-refractivity contribution in [3.05, 3.63) is 69.3 Å². The summed E-state index contributed by atoms with van der Waals surface area (Å²) in [6, 6.07) is 7.54. The molecule has 0 spiro atoms. The van der Waals surface area contributed by atoms with Gasteiger partial charge in [-0.1, -0.05) is 18.2 Å². The fraction of sp³-hybridized carbons (Fsp3) is 0.118. The van der Waals surface area contributed by atoms with E-state index < -0.39 is 28.7 Å². The van der Waals surface area contributed by atoms with E-state index in [-0.39, 0.29) is 5.76 Å². The first-order valence-corrected chi connectivity index (χ1v) is 6.67. The number of ether oxygens (including phenoxy) is 1. The van der Waals surface area contributed by atoms with Gasteiger partial charge in [0.1, 0.15) is 17.1 Å². The molecule has 6 nitrogen and oxygen atoms in total. The van der Waals surface area contributed by atoms with Crippen molar-refractivity contribution in [2.75, 3.05) is 7.11 Å². The normalized spacial score (nSPS) is 10.7. The third-order valence-corrected chi connectivity index (χ3v) is 3.06. The van der Waals surface area contributed by atoms with Crippen molar-refractivity contribution in [2.24, 2.45) is 0 Å². The molecule has 1 heterocycles. The van der Waals surface area contributed by atoms with Crippen molar-refractivity contribution in [2.45, 2.75) is 6.92 Å². The van der Waals surface area contributed by atoms with Gasteiger partial charge in [0.05, 0.1) is 12.7 Å². The number of aryl methyl sites for hydroxylation is 1. The third-order valence-electron chi connectivity index (χ3n) is 3.06. The maximum Gasteiger partial charge on any atom is 0.351 e. The minimum atomic E-state index is -0.891. The number of hydrogen-bond donors (Lipinski definition) is 1. The van der Waals surface area contributed by atoms with Crippen LogP contribution in [-0.2, 0) is 4.74 Å². The molecule has 0 aliphatic heterocycles. The van der Waals surface area contributed by atoms with Crippen molar-refractivity contribution < 1.29 is 23.8 Å². The molecule has 0 amide bonds. The van der Waals surface area contributed by atoms with Gasteiger partial charge in [0.2, 0.25) is 0 Å². The third kappa shape index (κ3) is 3.74. The molecule has 0 atom stereocenters. The number of carbonyl (C=O) groups is 2. The van der Waals surface area contributed by atoms with E-state index >= 15 is 0 Å². The number of carbonyl (C=O) groups excluding carboxylic acids is 2. The molecule has 0 aliphatic rings. The Labute approximate surface area is 131 Å². The lowest BCUT2D eigenvalue weighted by molar-refractivity contribution is 0.0600. The molecule has 0 fully saturated rings. The molecular weight excluding hydrogens is 300 g/mol. The van der Waals surface area contributed by atoms with E-state index in [4.69, 9.17) is 4.42 Å². The molecule has 1 aromatic carbocycles. The molecule has 2 aromatic rings. The van der Waals surface area contributed by atoms with Gasteiger partial charge >= 0.3 is 11.6 Å². The number of rotatable bonds is 4. The van der Waals surface area contributed by atoms with Crippen LogP contribution in [0, 0.1) is 6.92 Å². The van der Waals surface area contributed by atoms with Crippen LogP contribution in [0.2, 0.25) is 0 Å². The zero-order valence-corrected chi connectivity index (χ0v) is 12.5. The Morgan fingerprint density at radius 3 is 2.43 bits per heavy atom. The molecule has 118 valence electrons. The lowest BCUT2D eigenvalue weighted by Gasteiger charge is -2.01. The summed E-state index contributed by atoms with van der Waals surface area (Å²) in [6.07, 6.45) is 2.61.